The Balaban J connectivity index is 1.50. The standard InChI is InChI=1S/C22H26Cl2N2O5S/c1-30-19-5-2-6-20(13-19)31-11-9-25-22(27)16-4-3-10-26(14-16)32(28,29)15-17-7-8-18(23)12-21(17)24/h2,5-8,12-13,16H,3-4,9-11,14-15H2,1H3,(H,25,27)/t16-/m0/s1. The number of hydrogen-bond donors (Lipinski definition) is 1. The Morgan fingerprint density at radius 1 is 1.19 bits per heavy atom. The van der Waals surface area contributed by atoms with Crippen LogP contribution in [0.15, 0.2) is 42.5 Å². The quantitative estimate of drug-likeness (QED) is 0.530. The number of halogens is 2. The third kappa shape index (κ3) is 6.75. The van der Waals surface area contributed by atoms with Crippen LogP contribution in [-0.2, 0) is 20.6 Å². The molecule has 32 heavy (non-hydrogen) atoms. The minimum absolute atomic E-state index is 0.149. The van der Waals surface area contributed by atoms with Crippen molar-refractivity contribution in [2.75, 3.05) is 33.4 Å². The Kier molecular flexibility index (Phi) is 8.64. The van der Waals surface area contributed by atoms with Gasteiger partial charge in [-0.2, -0.15) is 0 Å². The molecule has 2 aromatic carbocycles. The lowest BCUT2D eigenvalue weighted by Crippen LogP contribution is -2.46. The summed E-state index contributed by atoms with van der Waals surface area (Å²) in [6, 6.07) is 11.9. The van der Waals surface area contributed by atoms with Crippen molar-refractivity contribution >= 4 is 39.1 Å². The van der Waals surface area contributed by atoms with Crippen molar-refractivity contribution in [3.05, 3.63) is 58.1 Å². The molecule has 1 N–H and O–H groups in total. The van der Waals surface area contributed by atoms with Gasteiger partial charge in [-0.25, -0.2) is 12.7 Å². The van der Waals surface area contributed by atoms with Crippen LogP contribution in [0.1, 0.15) is 18.4 Å². The fourth-order valence-corrected chi connectivity index (χ4v) is 5.71. The average molecular weight is 501 g/mol. The summed E-state index contributed by atoms with van der Waals surface area (Å²) in [5, 5.41) is 3.59. The Bertz CT molecular complexity index is 1050. The molecule has 174 valence electrons. The van der Waals surface area contributed by atoms with Crippen LogP contribution in [-0.4, -0.2) is 52.0 Å². The van der Waals surface area contributed by atoms with Crippen molar-refractivity contribution in [3.8, 4) is 11.5 Å². The number of amides is 1. The highest BCUT2D eigenvalue weighted by molar-refractivity contribution is 7.88. The van der Waals surface area contributed by atoms with Gasteiger partial charge in [0.1, 0.15) is 18.1 Å². The van der Waals surface area contributed by atoms with Gasteiger partial charge < -0.3 is 14.8 Å². The molecule has 0 aromatic heterocycles. The Morgan fingerprint density at radius 2 is 1.97 bits per heavy atom. The Labute approximate surface area is 198 Å². The van der Waals surface area contributed by atoms with E-state index in [9.17, 15) is 13.2 Å². The first-order valence-corrected chi connectivity index (χ1v) is 12.6. The van der Waals surface area contributed by atoms with Crippen molar-refractivity contribution in [1.29, 1.82) is 0 Å². The molecule has 1 saturated heterocycles. The number of ether oxygens (including phenoxy) is 2. The smallest absolute Gasteiger partial charge is 0.224 e. The molecule has 2 aromatic rings. The summed E-state index contributed by atoms with van der Waals surface area (Å²) in [7, 11) is -2.04. The maximum Gasteiger partial charge on any atom is 0.224 e. The number of hydrogen-bond acceptors (Lipinski definition) is 5. The number of piperidine rings is 1. The number of benzene rings is 2. The molecule has 1 fully saturated rings. The van der Waals surface area contributed by atoms with Gasteiger partial charge in [-0.15, -0.1) is 0 Å². The molecule has 1 amide bonds. The van der Waals surface area contributed by atoms with E-state index in [1.54, 1.807) is 31.4 Å². The van der Waals surface area contributed by atoms with E-state index in [0.717, 1.165) is 0 Å². The molecule has 0 radical (unpaired) electrons. The van der Waals surface area contributed by atoms with Gasteiger partial charge >= 0.3 is 0 Å². The van der Waals surface area contributed by atoms with Gasteiger partial charge in [0, 0.05) is 29.2 Å². The van der Waals surface area contributed by atoms with E-state index in [2.05, 4.69) is 5.32 Å². The third-order valence-corrected chi connectivity index (χ3v) is 7.59. The number of carbonyl (C=O) groups is 1. The zero-order valence-corrected chi connectivity index (χ0v) is 20.0. The van der Waals surface area contributed by atoms with Crippen LogP contribution in [0.5, 0.6) is 11.5 Å². The van der Waals surface area contributed by atoms with Gasteiger partial charge in [0.2, 0.25) is 15.9 Å². The predicted molar refractivity (Wildman–Crippen MR) is 125 cm³/mol. The van der Waals surface area contributed by atoms with Crippen molar-refractivity contribution in [1.82, 2.24) is 9.62 Å². The minimum Gasteiger partial charge on any atom is -0.497 e. The highest BCUT2D eigenvalue weighted by Crippen LogP contribution is 2.26. The highest BCUT2D eigenvalue weighted by atomic mass is 35.5. The molecule has 0 bridgehead atoms. The summed E-state index contributed by atoms with van der Waals surface area (Å²) in [6.07, 6.45) is 1.25. The maximum absolute atomic E-state index is 12.9. The summed E-state index contributed by atoms with van der Waals surface area (Å²) in [4.78, 5) is 12.6. The molecule has 1 aliphatic rings. The van der Waals surface area contributed by atoms with Crippen molar-refractivity contribution in [2.45, 2.75) is 18.6 Å². The van der Waals surface area contributed by atoms with Crippen molar-refractivity contribution in [2.24, 2.45) is 5.92 Å². The summed E-state index contributed by atoms with van der Waals surface area (Å²) in [5.74, 6) is 0.523. The fourth-order valence-electron chi connectivity index (χ4n) is 3.51. The molecule has 10 heteroatoms. The lowest BCUT2D eigenvalue weighted by atomic mass is 9.99. The zero-order valence-electron chi connectivity index (χ0n) is 17.7. The van der Waals surface area contributed by atoms with E-state index in [-0.39, 0.29) is 18.2 Å². The Morgan fingerprint density at radius 3 is 2.72 bits per heavy atom. The van der Waals surface area contributed by atoms with Crippen molar-refractivity contribution < 1.29 is 22.7 Å². The second kappa shape index (κ2) is 11.2. The molecule has 0 spiro atoms. The molecule has 1 atom stereocenters. The normalized spacial score (nSPS) is 17.0. The molecule has 7 nitrogen and oxygen atoms in total. The van der Waals surface area contributed by atoms with E-state index in [0.29, 0.717) is 59.6 Å². The second-order valence-electron chi connectivity index (χ2n) is 7.51. The number of sulfonamides is 1. The predicted octanol–water partition coefficient (Wildman–Crippen LogP) is 3.74. The van der Waals surface area contributed by atoms with Crippen LogP contribution in [0, 0.1) is 5.92 Å². The number of rotatable bonds is 9. The first-order chi connectivity index (χ1) is 15.3. The first kappa shape index (κ1) is 24.6. The third-order valence-electron chi connectivity index (χ3n) is 5.21. The van der Waals surface area contributed by atoms with Gasteiger partial charge in [0.25, 0.3) is 0 Å². The SMILES string of the molecule is COc1cccc(OCCNC(=O)[C@H]2CCCN(S(=O)(=O)Cc3ccc(Cl)cc3Cl)C2)c1. The number of methoxy groups -OCH3 is 1. The molecular formula is C22H26Cl2N2O5S. The van der Waals surface area contributed by atoms with Crippen LogP contribution in [0.25, 0.3) is 0 Å². The molecule has 3 rings (SSSR count). The van der Waals surface area contributed by atoms with Gasteiger partial charge in [-0.05, 0) is 42.7 Å². The van der Waals surface area contributed by atoms with Crippen LogP contribution in [0.2, 0.25) is 10.0 Å². The molecule has 0 aliphatic carbocycles. The lowest BCUT2D eigenvalue weighted by molar-refractivity contribution is -0.126. The van der Waals surface area contributed by atoms with E-state index in [1.165, 1.54) is 10.4 Å². The summed E-state index contributed by atoms with van der Waals surface area (Å²) in [6.45, 7) is 1.15. The second-order valence-corrected chi connectivity index (χ2v) is 10.3. The minimum atomic E-state index is -3.62. The van der Waals surface area contributed by atoms with Crippen LogP contribution in [0.4, 0.5) is 0 Å². The summed E-state index contributed by atoms with van der Waals surface area (Å²) < 4.78 is 38.0. The maximum atomic E-state index is 12.9. The highest BCUT2D eigenvalue weighted by Gasteiger charge is 2.32. The van der Waals surface area contributed by atoms with Gasteiger partial charge in [-0.1, -0.05) is 35.3 Å². The molecule has 1 aliphatic heterocycles. The molecular weight excluding hydrogens is 475 g/mol. The largest absolute Gasteiger partial charge is 0.497 e. The molecule has 1 heterocycles. The lowest BCUT2D eigenvalue weighted by Gasteiger charge is -2.31. The number of carbonyl (C=O) groups excluding carboxylic acids is 1. The summed E-state index contributed by atoms with van der Waals surface area (Å²) in [5.41, 5.74) is 0.484. The molecule has 0 unspecified atom stereocenters. The average Bonchev–Trinajstić information content (AvgIpc) is 2.78. The van der Waals surface area contributed by atoms with Crippen molar-refractivity contribution in [3.63, 3.8) is 0 Å². The van der Waals surface area contributed by atoms with Crippen LogP contribution in [0.3, 0.4) is 0 Å². The van der Waals surface area contributed by atoms with E-state index in [4.69, 9.17) is 32.7 Å². The van der Waals surface area contributed by atoms with Gasteiger partial charge in [0.05, 0.1) is 25.3 Å². The summed E-state index contributed by atoms with van der Waals surface area (Å²) >= 11 is 12.0. The van der Waals surface area contributed by atoms with E-state index >= 15 is 0 Å². The fraction of sp³-hybridized carbons (Fsp3) is 0.409. The Hall–Kier alpha value is -2.00. The zero-order chi connectivity index (χ0) is 23.1. The van der Waals surface area contributed by atoms with Gasteiger partial charge in [0.15, 0.2) is 0 Å². The van der Waals surface area contributed by atoms with E-state index < -0.39 is 15.9 Å². The topological polar surface area (TPSA) is 84.9 Å². The number of nitrogens with zero attached hydrogens (tertiary/aromatic N) is 1. The van der Waals surface area contributed by atoms with Gasteiger partial charge in [-0.3, -0.25) is 4.79 Å². The van der Waals surface area contributed by atoms with Crippen LogP contribution < -0.4 is 14.8 Å². The first-order valence-electron chi connectivity index (χ1n) is 10.2. The van der Waals surface area contributed by atoms with Crippen LogP contribution >= 0.6 is 23.2 Å². The van der Waals surface area contributed by atoms with E-state index in [1.807, 2.05) is 12.1 Å². The number of nitrogens with one attached hydrogen (secondary N) is 1. The molecule has 0 saturated carbocycles. The monoisotopic (exact) mass is 500 g/mol.